The molecule has 4 nitrogen and oxygen atoms in total. The summed E-state index contributed by atoms with van der Waals surface area (Å²) in [6.07, 6.45) is 0. The first-order valence-electron chi connectivity index (χ1n) is 7.31. The maximum absolute atomic E-state index is 12.6. The molecule has 1 fully saturated rings. The van der Waals surface area contributed by atoms with Crippen molar-refractivity contribution in [3.8, 4) is 0 Å². The van der Waals surface area contributed by atoms with Gasteiger partial charge in [-0.05, 0) is 30.3 Å². The quantitative estimate of drug-likeness (QED) is 0.722. The highest BCUT2D eigenvalue weighted by atomic mass is 79.9. The van der Waals surface area contributed by atoms with E-state index in [9.17, 15) is 4.79 Å². The minimum Gasteiger partial charge on any atom is -0.378 e. The van der Waals surface area contributed by atoms with E-state index in [0.29, 0.717) is 26.3 Å². The second kappa shape index (κ2) is 5.41. The van der Waals surface area contributed by atoms with Gasteiger partial charge in [0.2, 0.25) is 0 Å². The number of carbonyl (C=O) groups excluding carboxylic acids is 1. The van der Waals surface area contributed by atoms with Crippen molar-refractivity contribution in [3.05, 3.63) is 46.4 Å². The largest absolute Gasteiger partial charge is 0.378 e. The second-order valence-corrected chi connectivity index (χ2v) is 6.31. The predicted octanol–water partition coefficient (Wildman–Crippen LogP) is 3.56. The fourth-order valence-corrected chi connectivity index (χ4v) is 3.57. The molecule has 1 N–H and O–H groups in total. The molecule has 5 heteroatoms. The number of benzene rings is 2. The Kier molecular flexibility index (Phi) is 3.39. The number of H-pyrrole nitrogens is 1. The maximum Gasteiger partial charge on any atom is 0.254 e. The smallest absolute Gasteiger partial charge is 0.254 e. The number of hydrogen-bond donors (Lipinski definition) is 1. The van der Waals surface area contributed by atoms with Crippen molar-refractivity contribution in [3.63, 3.8) is 0 Å². The molecule has 1 aliphatic rings. The number of ether oxygens (including phenoxy) is 1. The molecule has 2 heterocycles. The number of halogens is 1. The van der Waals surface area contributed by atoms with Gasteiger partial charge in [0.25, 0.3) is 5.91 Å². The van der Waals surface area contributed by atoms with E-state index in [0.717, 1.165) is 31.8 Å². The first-order chi connectivity index (χ1) is 10.7. The Morgan fingerprint density at radius 2 is 1.95 bits per heavy atom. The Bertz CT molecular complexity index is 866. The fourth-order valence-electron chi connectivity index (χ4n) is 2.99. The van der Waals surface area contributed by atoms with Crippen molar-refractivity contribution >= 4 is 43.6 Å². The number of hydrogen-bond acceptors (Lipinski definition) is 2. The first-order valence-corrected chi connectivity index (χ1v) is 8.10. The molecular weight excluding hydrogens is 344 g/mol. The molecule has 0 aliphatic carbocycles. The van der Waals surface area contributed by atoms with Gasteiger partial charge in [-0.1, -0.05) is 22.0 Å². The lowest BCUT2D eigenvalue weighted by atomic mass is 10.1. The topological polar surface area (TPSA) is 45.3 Å². The Morgan fingerprint density at radius 3 is 2.77 bits per heavy atom. The van der Waals surface area contributed by atoms with Gasteiger partial charge in [-0.15, -0.1) is 0 Å². The van der Waals surface area contributed by atoms with Crippen LogP contribution in [-0.4, -0.2) is 42.1 Å². The normalized spacial score (nSPS) is 15.6. The average molecular weight is 359 g/mol. The molecule has 22 heavy (non-hydrogen) atoms. The third kappa shape index (κ3) is 2.21. The summed E-state index contributed by atoms with van der Waals surface area (Å²) in [6, 6.07) is 11.9. The van der Waals surface area contributed by atoms with Crippen LogP contribution in [0.2, 0.25) is 0 Å². The number of nitrogens with one attached hydrogen (secondary N) is 1. The number of nitrogens with zero attached hydrogens (tertiary/aromatic N) is 1. The van der Waals surface area contributed by atoms with Gasteiger partial charge < -0.3 is 14.6 Å². The Morgan fingerprint density at radius 1 is 1.14 bits per heavy atom. The minimum atomic E-state index is 0.0756. The average Bonchev–Trinajstić information content (AvgIpc) is 2.94. The number of carbonyl (C=O) groups is 1. The molecule has 1 aliphatic heterocycles. The van der Waals surface area contributed by atoms with Gasteiger partial charge in [0, 0.05) is 44.9 Å². The van der Waals surface area contributed by atoms with E-state index in [2.05, 4.69) is 20.9 Å². The lowest BCUT2D eigenvalue weighted by molar-refractivity contribution is 0.0303. The number of aromatic amines is 1. The van der Waals surface area contributed by atoms with Crippen LogP contribution in [0.4, 0.5) is 0 Å². The maximum atomic E-state index is 12.6. The van der Waals surface area contributed by atoms with E-state index in [1.807, 2.05) is 41.3 Å². The summed E-state index contributed by atoms with van der Waals surface area (Å²) < 4.78 is 6.35. The van der Waals surface area contributed by atoms with E-state index in [1.165, 1.54) is 0 Å². The van der Waals surface area contributed by atoms with Crippen LogP contribution in [0.15, 0.2) is 40.9 Å². The SMILES string of the molecule is O=C(c1ccc2[nH]c3cccc(Br)c3c2c1)N1CCOCC1. The minimum absolute atomic E-state index is 0.0756. The lowest BCUT2D eigenvalue weighted by Crippen LogP contribution is -2.40. The zero-order valence-electron chi connectivity index (χ0n) is 11.9. The van der Waals surface area contributed by atoms with Crippen molar-refractivity contribution < 1.29 is 9.53 Å². The molecule has 0 atom stereocenters. The predicted molar refractivity (Wildman–Crippen MR) is 90.2 cm³/mol. The van der Waals surface area contributed by atoms with Crippen molar-refractivity contribution in [1.29, 1.82) is 0 Å². The van der Waals surface area contributed by atoms with Crippen LogP contribution in [-0.2, 0) is 4.74 Å². The molecule has 3 aromatic rings. The zero-order valence-corrected chi connectivity index (χ0v) is 13.5. The Hall–Kier alpha value is -1.85. The molecule has 4 rings (SSSR count). The Balaban J connectivity index is 1.82. The van der Waals surface area contributed by atoms with E-state index in [1.54, 1.807) is 0 Å². The zero-order chi connectivity index (χ0) is 15.1. The molecule has 2 aromatic carbocycles. The van der Waals surface area contributed by atoms with Crippen LogP contribution in [0, 0.1) is 0 Å². The summed E-state index contributed by atoms with van der Waals surface area (Å²) in [6.45, 7) is 2.56. The van der Waals surface area contributed by atoms with Crippen molar-refractivity contribution in [2.45, 2.75) is 0 Å². The molecule has 112 valence electrons. The summed E-state index contributed by atoms with van der Waals surface area (Å²) in [5.41, 5.74) is 2.84. The molecule has 0 spiro atoms. The van der Waals surface area contributed by atoms with E-state index in [-0.39, 0.29) is 5.91 Å². The highest BCUT2D eigenvalue weighted by Gasteiger charge is 2.19. The number of amides is 1. The van der Waals surface area contributed by atoms with Crippen molar-refractivity contribution in [2.24, 2.45) is 0 Å². The summed E-state index contributed by atoms with van der Waals surface area (Å²) in [5, 5.41) is 2.19. The van der Waals surface area contributed by atoms with E-state index < -0.39 is 0 Å². The first kappa shape index (κ1) is 13.8. The number of fused-ring (bicyclic) bond motifs is 3. The van der Waals surface area contributed by atoms with Crippen molar-refractivity contribution in [1.82, 2.24) is 9.88 Å². The highest BCUT2D eigenvalue weighted by molar-refractivity contribution is 9.10. The number of aromatic nitrogens is 1. The standard InChI is InChI=1S/C17H15BrN2O2/c18-13-2-1-3-15-16(13)12-10-11(4-5-14(12)19-15)17(21)20-6-8-22-9-7-20/h1-5,10,19H,6-9H2. The summed E-state index contributed by atoms with van der Waals surface area (Å²) in [5.74, 6) is 0.0756. The van der Waals surface area contributed by atoms with Crippen LogP contribution in [0.3, 0.4) is 0 Å². The van der Waals surface area contributed by atoms with E-state index in [4.69, 9.17) is 4.74 Å². The third-order valence-electron chi connectivity index (χ3n) is 4.12. The monoisotopic (exact) mass is 358 g/mol. The molecule has 0 saturated carbocycles. The molecule has 1 aromatic heterocycles. The van der Waals surface area contributed by atoms with Crippen LogP contribution in [0.25, 0.3) is 21.8 Å². The van der Waals surface area contributed by atoms with Gasteiger partial charge in [-0.25, -0.2) is 0 Å². The molecule has 0 bridgehead atoms. The molecular formula is C17H15BrN2O2. The van der Waals surface area contributed by atoms with Gasteiger partial charge >= 0.3 is 0 Å². The number of morpholine rings is 1. The summed E-state index contributed by atoms with van der Waals surface area (Å²) >= 11 is 3.60. The molecule has 1 amide bonds. The fraction of sp³-hybridized carbons (Fsp3) is 0.235. The van der Waals surface area contributed by atoms with E-state index >= 15 is 0 Å². The third-order valence-corrected chi connectivity index (χ3v) is 4.78. The molecule has 1 saturated heterocycles. The summed E-state index contributed by atoms with van der Waals surface area (Å²) in [7, 11) is 0. The van der Waals surface area contributed by atoms with Crippen molar-refractivity contribution in [2.75, 3.05) is 26.3 Å². The van der Waals surface area contributed by atoms with Crippen LogP contribution in [0.1, 0.15) is 10.4 Å². The van der Waals surface area contributed by atoms with Gasteiger partial charge in [0.15, 0.2) is 0 Å². The summed E-state index contributed by atoms with van der Waals surface area (Å²) in [4.78, 5) is 17.9. The second-order valence-electron chi connectivity index (χ2n) is 5.45. The van der Waals surface area contributed by atoms with Crippen LogP contribution < -0.4 is 0 Å². The van der Waals surface area contributed by atoms with Crippen LogP contribution >= 0.6 is 15.9 Å². The van der Waals surface area contributed by atoms with Crippen LogP contribution in [0.5, 0.6) is 0 Å². The van der Waals surface area contributed by atoms with Gasteiger partial charge in [0.05, 0.1) is 13.2 Å². The highest BCUT2D eigenvalue weighted by Crippen LogP contribution is 2.32. The molecule has 0 unspecified atom stereocenters. The van der Waals surface area contributed by atoms with Gasteiger partial charge in [-0.2, -0.15) is 0 Å². The molecule has 0 radical (unpaired) electrons. The lowest BCUT2D eigenvalue weighted by Gasteiger charge is -2.26. The number of rotatable bonds is 1. The van der Waals surface area contributed by atoms with Gasteiger partial charge in [-0.3, -0.25) is 4.79 Å². The Labute approximate surface area is 136 Å². The van der Waals surface area contributed by atoms with Gasteiger partial charge in [0.1, 0.15) is 0 Å².